The summed E-state index contributed by atoms with van der Waals surface area (Å²) >= 11 is 0. The number of rotatable bonds is 3. The average Bonchev–Trinajstić information content (AvgIpc) is 3.10. The molecule has 124 valence electrons. The molecule has 6 heteroatoms. The lowest BCUT2D eigenvalue weighted by Crippen LogP contribution is -2.52. The minimum atomic E-state index is -0.383. The number of amides is 3. The molecule has 0 radical (unpaired) electrons. The first-order valence-electron chi connectivity index (χ1n) is 8.17. The van der Waals surface area contributed by atoms with Crippen LogP contribution in [0.3, 0.4) is 0 Å². The molecule has 2 aliphatic heterocycles. The van der Waals surface area contributed by atoms with Crippen LogP contribution < -0.4 is 4.90 Å². The van der Waals surface area contributed by atoms with E-state index in [1.54, 1.807) is 17.0 Å². The summed E-state index contributed by atoms with van der Waals surface area (Å²) in [5.41, 5.74) is 1.86. The Kier molecular flexibility index (Phi) is 3.61. The molecule has 24 heavy (non-hydrogen) atoms. The summed E-state index contributed by atoms with van der Waals surface area (Å²) in [5.74, 6) is -0.122. The lowest BCUT2D eigenvalue weighted by molar-refractivity contribution is -0.121. The van der Waals surface area contributed by atoms with Crippen molar-refractivity contribution >= 4 is 17.6 Å². The molecule has 6 nitrogen and oxygen atoms in total. The summed E-state index contributed by atoms with van der Waals surface area (Å²) in [6.45, 7) is 2.74. The third-order valence-electron chi connectivity index (χ3n) is 4.86. The van der Waals surface area contributed by atoms with E-state index >= 15 is 0 Å². The number of aryl methyl sites for hydroxylation is 1. The second kappa shape index (κ2) is 5.79. The van der Waals surface area contributed by atoms with E-state index in [0.29, 0.717) is 18.8 Å². The number of carbonyl (C=O) groups excluding carboxylic acids is 2. The van der Waals surface area contributed by atoms with E-state index in [0.717, 1.165) is 13.1 Å². The van der Waals surface area contributed by atoms with Gasteiger partial charge in [-0.1, -0.05) is 18.2 Å². The van der Waals surface area contributed by atoms with Crippen LogP contribution in [0, 0.1) is 0 Å². The lowest BCUT2D eigenvalue weighted by Gasteiger charge is -2.35. The summed E-state index contributed by atoms with van der Waals surface area (Å²) in [7, 11) is 2.02. The quantitative estimate of drug-likeness (QED) is 0.807. The van der Waals surface area contributed by atoms with Crippen LogP contribution in [0.5, 0.6) is 0 Å². The number of fused-ring (bicyclic) bond motifs is 1. The molecule has 4 rings (SSSR count). The van der Waals surface area contributed by atoms with E-state index in [1.165, 1.54) is 10.6 Å². The Morgan fingerprint density at radius 2 is 1.83 bits per heavy atom. The van der Waals surface area contributed by atoms with Gasteiger partial charge in [0.15, 0.2) is 0 Å². The number of para-hydroxylation sites is 1. The van der Waals surface area contributed by atoms with Crippen LogP contribution in [-0.4, -0.2) is 52.0 Å². The molecule has 3 amide bonds. The summed E-state index contributed by atoms with van der Waals surface area (Å²) < 4.78 is 2.09. The van der Waals surface area contributed by atoms with Gasteiger partial charge in [0.1, 0.15) is 6.04 Å². The van der Waals surface area contributed by atoms with Crippen LogP contribution in [0.15, 0.2) is 48.7 Å². The van der Waals surface area contributed by atoms with Crippen LogP contribution in [0.2, 0.25) is 0 Å². The number of aromatic nitrogens is 1. The van der Waals surface area contributed by atoms with Gasteiger partial charge in [-0.2, -0.15) is 0 Å². The van der Waals surface area contributed by atoms with E-state index in [-0.39, 0.29) is 18.0 Å². The number of nitrogens with zero attached hydrogens (tertiary/aromatic N) is 4. The van der Waals surface area contributed by atoms with Gasteiger partial charge < -0.3 is 9.47 Å². The first-order valence-corrected chi connectivity index (χ1v) is 8.17. The number of anilines is 1. The summed E-state index contributed by atoms with van der Waals surface area (Å²) in [6.07, 6.45) is 2.02. The molecule has 0 spiro atoms. The average molecular weight is 324 g/mol. The van der Waals surface area contributed by atoms with E-state index < -0.39 is 0 Å². The zero-order chi connectivity index (χ0) is 16.7. The first-order chi connectivity index (χ1) is 11.6. The van der Waals surface area contributed by atoms with Crippen molar-refractivity contribution in [2.45, 2.75) is 12.6 Å². The summed E-state index contributed by atoms with van der Waals surface area (Å²) in [6, 6.07) is 12.7. The second-order valence-corrected chi connectivity index (χ2v) is 6.35. The van der Waals surface area contributed by atoms with Gasteiger partial charge in [0.25, 0.3) is 5.91 Å². The van der Waals surface area contributed by atoms with Crippen LogP contribution in [0.25, 0.3) is 0 Å². The molecule has 1 unspecified atom stereocenters. The van der Waals surface area contributed by atoms with Gasteiger partial charge in [-0.05, 0) is 24.3 Å². The van der Waals surface area contributed by atoms with E-state index in [2.05, 4.69) is 15.5 Å². The fraction of sp³-hybridized carbons (Fsp3) is 0.333. The summed E-state index contributed by atoms with van der Waals surface area (Å²) in [5, 5.41) is 0. The van der Waals surface area contributed by atoms with Crippen molar-refractivity contribution in [2.75, 3.05) is 24.5 Å². The highest BCUT2D eigenvalue weighted by Gasteiger charge is 2.48. The zero-order valence-electron chi connectivity index (χ0n) is 13.6. The zero-order valence-corrected chi connectivity index (χ0v) is 13.6. The van der Waals surface area contributed by atoms with E-state index in [4.69, 9.17) is 0 Å². The van der Waals surface area contributed by atoms with Gasteiger partial charge in [0.05, 0.1) is 5.69 Å². The van der Waals surface area contributed by atoms with Gasteiger partial charge in [0, 0.05) is 45.1 Å². The molecule has 2 aliphatic rings. The Balaban J connectivity index is 1.53. The molecule has 1 aromatic carbocycles. The summed E-state index contributed by atoms with van der Waals surface area (Å²) in [4.78, 5) is 30.7. The molecule has 0 N–H and O–H groups in total. The monoisotopic (exact) mass is 324 g/mol. The van der Waals surface area contributed by atoms with Gasteiger partial charge in [-0.3, -0.25) is 9.69 Å². The molecule has 1 atom stereocenters. The molecule has 0 bridgehead atoms. The predicted octanol–water partition coefficient (Wildman–Crippen LogP) is 1.68. The number of urea groups is 1. The van der Waals surface area contributed by atoms with Gasteiger partial charge in [0.2, 0.25) is 0 Å². The molecular weight excluding hydrogens is 304 g/mol. The van der Waals surface area contributed by atoms with Gasteiger partial charge >= 0.3 is 6.03 Å². The molecular formula is C18H20N4O2. The topological polar surface area (TPSA) is 48.8 Å². The van der Waals surface area contributed by atoms with Crippen LogP contribution in [0.1, 0.15) is 5.69 Å². The lowest BCUT2D eigenvalue weighted by atomic mass is 10.1. The smallest absolute Gasteiger partial charge is 0.332 e. The predicted molar refractivity (Wildman–Crippen MR) is 90.5 cm³/mol. The Labute approximate surface area is 140 Å². The molecule has 2 saturated heterocycles. The number of benzene rings is 1. The minimum absolute atomic E-state index is 0.122. The maximum atomic E-state index is 12.8. The van der Waals surface area contributed by atoms with Crippen molar-refractivity contribution in [1.29, 1.82) is 0 Å². The van der Waals surface area contributed by atoms with Crippen LogP contribution in [0.4, 0.5) is 10.5 Å². The maximum absolute atomic E-state index is 12.8. The number of carbonyl (C=O) groups is 2. The molecule has 0 saturated carbocycles. The van der Waals surface area contributed by atoms with Gasteiger partial charge in [-0.15, -0.1) is 0 Å². The first kappa shape index (κ1) is 15.0. The Morgan fingerprint density at radius 1 is 1.04 bits per heavy atom. The molecule has 1 aromatic heterocycles. The standard InChI is InChI=1S/C18H20N4O2/c1-19-9-5-8-15(19)12-20-10-11-21-16(13-20)17(23)22(18(21)24)14-6-3-2-4-7-14/h2-9,16H,10-13H2,1H3. The molecule has 0 aliphatic carbocycles. The third-order valence-corrected chi connectivity index (χ3v) is 4.86. The Hall–Kier alpha value is -2.60. The highest BCUT2D eigenvalue weighted by atomic mass is 16.2. The minimum Gasteiger partial charge on any atom is -0.353 e. The fourth-order valence-electron chi connectivity index (χ4n) is 3.50. The van der Waals surface area contributed by atoms with Crippen molar-refractivity contribution in [3.05, 3.63) is 54.4 Å². The van der Waals surface area contributed by atoms with Crippen molar-refractivity contribution in [2.24, 2.45) is 7.05 Å². The highest BCUT2D eigenvalue weighted by Crippen LogP contribution is 2.27. The number of hydrogen-bond donors (Lipinski definition) is 0. The maximum Gasteiger partial charge on any atom is 0.332 e. The molecule has 2 aromatic rings. The van der Waals surface area contributed by atoms with Crippen molar-refractivity contribution < 1.29 is 9.59 Å². The number of hydrogen-bond acceptors (Lipinski definition) is 3. The van der Waals surface area contributed by atoms with Crippen molar-refractivity contribution in [3.8, 4) is 0 Å². The SMILES string of the molecule is Cn1cccc1CN1CCN2C(=O)N(c3ccccc3)C(=O)C2C1. The molecule has 2 fully saturated rings. The largest absolute Gasteiger partial charge is 0.353 e. The second-order valence-electron chi connectivity index (χ2n) is 6.35. The molecule has 3 heterocycles. The van der Waals surface area contributed by atoms with Crippen LogP contribution >= 0.6 is 0 Å². The van der Waals surface area contributed by atoms with E-state index in [9.17, 15) is 9.59 Å². The van der Waals surface area contributed by atoms with Crippen LogP contribution in [-0.2, 0) is 18.4 Å². The van der Waals surface area contributed by atoms with E-state index in [1.807, 2.05) is 37.5 Å². The number of imide groups is 1. The fourth-order valence-corrected chi connectivity index (χ4v) is 3.50. The number of piperazine rings is 1. The van der Waals surface area contributed by atoms with Gasteiger partial charge in [-0.25, -0.2) is 9.69 Å². The van der Waals surface area contributed by atoms with Crippen molar-refractivity contribution in [1.82, 2.24) is 14.4 Å². The Bertz CT molecular complexity index is 770. The Morgan fingerprint density at radius 3 is 2.54 bits per heavy atom. The van der Waals surface area contributed by atoms with Crippen molar-refractivity contribution in [3.63, 3.8) is 0 Å². The third kappa shape index (κ3) is 2.39. The normalized spacial score (nSPS) is 21.5. The highest BCUT2D eigenvalue weighted by molar-refractivity contribution is 6.21.